The zero-order valence-corrected chi connectivity index (χ0v) is 21.9. The van der Waals surface area contributed by atoms with Crippen molar-refractivity contribution in [1.82, 2.24) is 9.78 Å². The number of hydrogen-bond acceptors (Lipinski definition) is 4. The molecule has 0 spiro atoms. The molecule has 1 aliphatic rings. The van der Waals surface area contributed by atoms with Gasteiger partial charge in [0.05, 0.1) is 6.61 Å². The second-order valence-corrected chi connectivity index (χ2v) is 10.7. The van der Waals surface area contributed by atoms with Gasteiger partial charge in [0.2, 0.25) is 0 Å². The summed E-state index contributed by atoms with van der Waals surface area (Å²) in [4.78, 5) is 10.7. The summed E-state index contributed by atoms with van der Waals surface area (Å²) in [6.45, 7) is 2.99. The van der Waals surface area contributed by atoms with E-state index in [1.165, 1.54) is 0 Å². The molecule has 0 saturated heterocycles. The van der Waals surface area contributed by atoms with Crippen LogP contribution in [0.3, 0.4) is 0 Å². The molecule has 1 fully saturated rings. The Morgan fingerprint density at radius 3 is 2.53 bits per heavy atom. The topological polar surface area (TPSA) is 64.4 Å². The monoisotopic (exact) mass is 510 g/mol. The summed E-state index contributed by atoms with van der Waals surface area (Å²) in [6, 6.07) is 15.5. The van der Waals surface area contributed by atoms with Crippen LogP contribution in [0.2, 0.25) is 0 Å². The lowest BCUT2D eigenvalue weighted by atomic mass is 9.82. The Morgan fingerprint density at radius 1 is 1.14 bits per heavy atom. The largest absolute Gasteiger partial charge is 0.480 e. The smallest absolute Gasteiger partial charge is 0.329 e. The highest BCUT2D eigenvalue weighted by Gasteiger charge is 2.27. The van der Waals surface area contributed by atoms with Gasteiger partial charge in [-0.2, -0.15) is 16.9 Å². The second-order valence-electron chi connectivity index (χ2n) is 9.74. The molecule has 1 N–H and O–H groups in total. The average molecular weight is 511 g/mol. The summed E-state index contributed by atoms with van der Waals surface area (Å²) < 4.78 is 22.8. The maximum Gasteiger partial charge on any atom is 0.329 e. The van der Waals surface area contributed by atoms with E-state index in [0.29, 0.717) is 24.0 Å². The summed E-state index contributed by atoms with van der Waals surface area (Å²) in [5.41, 5.74) is 5.35. The van der Waals surface area contributed by atoms with E-state index in [-0.39, 0.29) is 12.4 Å². The Hall–Kier alpha value is -2.64. The first-order chi connectivity index (χ1) is 17.5. The van der Waals surface area contributed by atoms with Gasteiger partial charge in [0, 0.05) is 28.9 Å². The van der Waals surface area contributed by atoms with Crippen molar-refractivity contribution in [3.63, 3.8) is 0 Å². The number of aromatic nitrogens is 2. The van der Waals surface area contributed by atoms with Crippen molar-refractivity contribution in [2.45, 2.75) is 45.6 Å². The quantitative estimate of drug-likeness (QED) is 0.320. The number of carboxylic acid groups (broad SMARTS) is 1. The van der Waals surface area contributed by atoms with Gasteiger partial charge in [0.1, 0.15) is 18.1 Å². The molecule has 1 aliphatic carbocycles. The van der Waals surface area contributed by atoms with Gasteiger partial charge in [-0.15, -0.1) is 0 Å². The van der Waals surface area contributed by atoms with Crippen molar-refractivity contribution in [3.05, 3.63) is 65.6 Å². The normalized spacial score (nSPS) is 17.9. The molecule has 7 heteroatoms. The fourth-order valence-electron chi connectivity index (χ4n) is 5.14. The molecule has 4 rings (SSSR count). The lowest BCUT2D eigenvalue weighted by molar-refractivity contribution is -0.142. The molecule has 3 aromatic rings. The van der Waals surface area contributed by atoms with Crippen molar-refractivity contribution in [1.29, 1.82) is 0 Å². The van der Waals surface area contributed by atoms with E-state index in [1.54, 1.807) is 17.8 Å². The molecule has 2 aromatic carbocycles. The molecule has 36 heavy (non-hydrogen) atoms. The number of thioether (sulfide) groups is 1. The number of carbonyl (C=O) groups is 1. The molecule has 0 radical (unpaired) electrons. The fourth-order valence-corrected chi connectivity index (χ4v) is 5.54. The van der Waals surface area contributed by atoms with Crippen LogP contribution < -0.4 is 0 Å². The maximum absolute atomic E-state index is 15.3. The number of benzene rings is 2. The molecule has 0 atom stereocenters. The van der Waals surface area contributed by atoms with Crippen molar-refractivity contribution in [2.24, 2.45) is 11.8 Å². The highest BCUT2D eigenvalue weighted by Crippen LogP contribution is 2.38. The number of carboxylic acids is 1. The summed E-state index contributed by atoms with van der Waals surface area (Å²) in [5, 5.41) is 13.9. The Labute approximate surface area is 217 Å². The first-order valence-electron chi connectivity index (χ1n) is 12.7. The minimum absolute atomic E-state index is 0.209. The number of nitrogens with zero attached hydrogens (tertiary/aromatic N) is 2. The van der Waals surface area contributed by atoms with Crippen LogP contribution in [0.1, 0.15) is 36.9 Å². The minimum atomic E-state index is -0.921. The standard InChI is InChI=1S/C29H35FN2O3S/c1-20-8-13-24(25(30)16-20)28-26(14-15-36-2)32(31-29(28)23-6-4-3-5-7-23)17-21-9-11-22(12-10-21)18-35-19-27(33)34/h3-8,13,16,21-22H,9-12,14-15,17-19H2,1-2H3,(H,33,34)/t21-,22-. The summed E-state index contributed by atoms with van der Waals surface area (Å²) in [6.07, 6.45) is 7.07. The molecular weight excluding hydrogens is 475 g/mol. The third-order valence-corrected chi connectivity index (χ3v) is 7.63. The molecule has 1 saturated carbocycles. The van der Waals surface area contributed by atoms with Crippen LogP contribution in [0.5, 0.6) is 0 Å². The van der Waals surface area contributed by atoms with Crippen molar-refractivity contribution in [2.75, 3.05) is 25.2 Å². The predicted octanol–water partition coefficient (Wildman–Crippen LogP) is 6.48. The van der Waals surface area contributed by atoms with Gasteiger partial charge >= 0.3 is 5.97 Å². The van der Waals surface area contributed by atoms with Gasteiger partial charge in [0.15, 0.2) is 0 Å². The first kappa shape index (κ1) is 26.4. The molecule has 5 nitrogen and oxygen atoms in total. The van der Waals surface area contributed by atoms with Crippen LogP contribution in [0.15, 0.2) is 48.5 Å². The SMILES string of the molecule is CSCCc1c(-c2ccc(C)cc2F)c(-c2ccccc2)nn1C[C@H]1CC[C@H](COCC(=O)O)CC1. The minimum Gasteiger partial charge on any atom is -0.480 e. The number of ether oxygens (including phenoxy) is 1. The lowest BCUT2D eigenvalue weighted by Crippen LogP contribution is -2.24. The van der Waals surface area contributed by atoms with Gasteiger partial charge in [0.25, 0.3) is 0 Å². The van der Waals surface area contributed by atoms with E-state index >= 15 is 4.39 Å². The van der Waals surface area contributed by atoms with E-state index in [2.05, 4.69) is 10.9 Å². The summed E-state index contributed by atoms with van der Waals surface area (Å²) >= 11 is 1.79. The van der Waals surface area contributed by atoms with E-state index in [9.17, 15) is 4.79 Å². The van der Waals surface area contributed by atoms with Crippen LogP contribution in [-0.2, 0) is 22.5 Å². The van der Waals surface area contributed by atoms with Crippen LogP contribution in [0, 0.1) is 24.6 Å². The van der Waals surface area contributed by atoms with E-state index in [4.69, 9.17) is 14.9 Å². The zero-order valence-electron chi connectivity index (χ0n) is 21.1. The molecule has 1 heterocycles. The van der Waals surface area contributed by atoms with Gasteiger partial charge in [-0.1, -0.05) is 42.5 Å². The number of halogens is 1. The van der Waals surface area contributed by atoms with Gasteiger partial charge in [-0.25, -0.2) is 9.18 Å². The Morgan fingerprint density at radius 2 is 1.86 bits per heavy atom. The van der Waals surface area contributed by atoms with E-state index in [0.717, 1.165) is 72.5 Å². The third kappa shape index (κ3) is 6.56. The second kappa shape index (κ2) is 12.5. The molecule has 1 aromatic heterocycles. The predicted molar refractivity (Wildman–Crippen MR) is 144 cm³/mol. The number of hydrogen-bond donors (Lipinski definition) is 1. The molecule has 192 valence electrons. The number of aryl methyl sites for hydroxylation is 1. The molecule has 0 unspecified atom stereocenters. The Kier molecular flexibility index (Phi) is 9.21. The molecule has 0 aliphatic heterocycles. The molecular formula is C29H35FN2O3S. The maximum atomic E-state index is 15.3. The number of aliphatic carboxylic acids is 1. The van der Waals surface area contributed by atoms with Crippen LogP contribution in [0.25, 0.3) is 22.4 Å². The highest BCUT2D eigenvalue weighted by atomic mass is 32.2. The highest BCUT2D eigenvalue weighted by molar-refractivity contribution is 7.98. The van der Waals surface area contributed by atoms with Crippen LogP contribution >= 0.6 is 11.8 Å². The molecule has 0 bridgehead atoms. The van der Waals surface area contributed by atoms with E-state index in [1.807, 2.05) is 49.4 Å². The lowest BCUT2D eigenvalue weighted by Gasteiger charge is -2.28. The molecule has 0 amide bonds. The van der Waals surface area contributed by atoms with Crippen LogP contribution in [0.4, 0.5) is 4.39 Å². The van der Waals surface area contributed by atoms with Crippen molar-refractivity contribution < 1.29 is 19.0 Å². The summed E-state index contributed by atoms with van der Waals surface area (Å²) in [5.74, 6) is 0.696. The van der Waals surface area contributed by atoms with Crippen LogP contribution in [-0.4, -0.2) is 46.1 Å². The summed E-state index contributed by atoms with van der Waals surface area (Å²) in [7, 11) is 0. The zero-order chi connectivity index (χ0) is 25.5. The van der Waals surface area contributed by atoms with Crippen molar-refractivity contribution >= 4 is 17.7 Å². The van der Waals surface area contributed by atoms with Crippen molar-refractivity contribution in [3.8, 4) is 22.4 Å². The average Bonchev–Trinajstić information content (AvgIpc) is 3.21. The Balaban J connectivity index is 1.63. The van der Waals surface area contributed by atoms with Gasteiger partial charge in [-0.3, -0.25) is 4.68 Å². The van der Waals surface area contributed by atoms with Gasteiger partial charge < -0.3 is 9.84 Å². The van der Waals surface area contributed by atoms with E-state index < -0.39 is 5.97 Å². The first-order valence-corrected chi connectivity index (χ1v) is 14.1. The third-order valence-electron chi connectivity index (χ3n) is 7.02. The fraction of sp³-hybridized carbons (Fsp3) is 0.448. The van der Waals surface area contributed by atoms with Gasteiger partial charge in [-0.05, 0) is 74.5 Å². The number of rotatable bonds is 11. The Bertz CT molecular complexity index is 1160.